The number of hydrogen-bond donors (Lipinski definition) is 0. The van der Waals surface area contributed by atoms with Crippen molar-refractivity contribution in [2.75, 3.05) is 31.1 Å². The van der Waals surface area contributed by atoms with Gasteiger partial charge in [-0.15, -0.1) is 5.10 Å². The molecule has 5 nitrogen and oxygen atoms in total. The van der Waals surface area contributed by atoms with Gasteiger partial charge in [0.05, 0.1) is 5.69 Å². The van der Waals surface area contributed by atoms with Gasteiger partial charge in [0.15, 0.2) is 5.82 Å². The molecule has 0 unspecified atom stereocenters. The predicted octanol–water partition coefficient (Wildman–Crippen LogP) is 2.60. The third-order valence-corrected chi connectivity index (χ3v) is 4.52. The first-order chi connectivity index (χ1) is 12.1. The maximum absolute atomic E-state index is 13.7. The zero-order valence-electron chi connectivity index (χ0n) is 14.5. The van der Waals surface area contributed by atoms with E-state index in [1.54, 1.807) is 18.2 Å². The maximum Gasteiger partial charge on any atom is 0.222 e. The highest BCUT2D eigenvalue weighted by Gasteiger charge is 2.20. The van der Waals surface area contributed by atoms with Crippen LogP contribution in [0.3, 0.4) is 0 Å². The first-order valence-corrected chi connectivity index (χ1v) is 8.70. The molecule has 2 heterocycles. The van der Waals surface area contributed by atoms with Crippen LogP contribution in [-0.2, 0) is 11.2 Å². The number of halogens is 1. The molecule has 0 saturated carbocycles. The molecule has 1 aliphatic rings. The van der Waals surface area contributed by atoms with Gasteiger partial charge in [0.25, 0.3) is 0 Å². The molecule has 1 aromatic carbocycles. The Kier molecular flexibility index (Phi) is 5.58. The van der Waals surface area contributed by atoms with Crippen LogP contribution in [0.2, 0.25) is 0 Å². The van der Waals surface area contributed by atoms with Crippen LogP contribution in [0.25, 0.3) is 0 Å². The largest absolute Gasteiger partial charge is 0.353 e. The van der Waals surface area contributed by atoms with Gasteiger partial charge in [-0.3, -0.25) is 4.79 Å². The Morgan fingerprint density at radius 3 is 2.68 bits per heavy atom. The summed E-state index contributed by atoms with van der Waals surface area (Å²) in [5.74, 6) is 0.696. The van der Waals surface area contributed by atoms with Gasteiger partial charge in [0.2, 0.25) is 5.91 Å². The molecule has 6 heteroatoms. The number of benzene rings is 1. The molecule has 0 N–H and O–H groups in total. The Labute approximate surface area is 147 Å². The van der Waals surface area contributed by atoms with Crippen LogP contribution in [0.5, 0.6) is 0 Å². The number of carbonyl (C=O) groups is 1. The van der Waals surface area contributed by atoms with Crippen molar-refractivity contribution in [2.45, 2.75) is 26.2 Å². The number of aromatic nitrogens is 2. The third-order valence-electron chi connectivity index (χ3n) is 4.52. The van der Waals surface area contributed by atoms with Crippen LogP contribution in [0.15, 0.2) is 36.4 Å². The fraction of sp³-hybridized carbons (Fsp3) is 0.421. The van der Waals surface area contributed by atoms with Crippen molar-refractivity contribution in [3.8, 4) is 0 Å². The average molecular weight is 342 g/mol. The molecule has 0 radical (unpaired) electrons. The van der Waals surface area contributed by atoms with Crippen molar-refractivity contribution in [3.05, 3.63) is 53.5 Å². The van der Waals surface area contributed by atoms with Crippen molar-refractivity contribution in [1.29, 1.82) is 0 Å². The summed E-state index contributed by atoms with van der Waals surface area (Å²) in [7, 11) is 0. The summed E-state index contributed by atoms with van der Waals surface area (Å²) in [6, 6.07) is 10.6. The number of aryl methyl sites for hydroxylation is 2. The van der Waals surface area contributed by atoms with Crippen LogP contribution in [-0.4, -0.2) is 47.2 Å². The predicted molar refractivity (Wildman–Crippen MR) is 94.9 cm³/mol. The standard InChI is InChI=1S/C19H23FN4O/c1-15-7-9-18(22-21-15)23-11-4-12-24(14-13-23)19(25)10-8-16-5-2-3-6-17(16)20/h2-3,5-7,9H,4,8,10-14H2,1H3. The molecule has 3 rings (SSSR count). The number of rotatable bonds is 4. The lowest BCUT2D eigenvalue weighted by molar-refractivity contribution is -0.130. The van der Waals surface area contributed by atoms with Crippen molar-refractivity contribution >= 4 is 11.7 Å². The van der Waals surface area contributed by atoms with Crippen molar-refractivity contribution in [3.63, 3.8) is 0 Å². The Balaban J connectivity index is 1.54. The van der Waals surface area contributed by atoms with E-state index in [-0.39, 0.29) is 11.7 Å². The molecule has 0 spiro atoms. The van der Waals surface area contributed by atoms with Crippen molar-refractivity contribution < 1.29 is 9.18 Å². The Morgan fingerprint density at radius 1 is 1.08 bits per heavy atom. The molecule has 1 fully saturated rings. The van der Waals surface area contributed by atoms with Gasteiger partial charge in [-0.1, -0.05) is 18.2 Å². The lowest BCUT2D eigenvalue weighted by Crippen LogP contribution is -2.35. The minimum absolute atomic E-state index is 0.0834. The summed E-state index contributed by atoms with van der Waals surface area (Å²) < 4.78 is 13.7. The fourth-order valence-electron chi connectivity index (χ4n) is 3.06. The third kappa shape index (κ3) is 4.53. The second kappa shape index (κ2) is 8.05. The Bertz CT molecular complexity index is 720. The van der Waals surface area contributed by atoms with E-state index in [4.69, 9.17) is 0 Å². The SMILES string of the molecule is Cc1ccc(N2CCCN(C(=O)CCc3ccccc3F)CC2)nn1. The minimum Gasteiger partial charge on any atom is -0.353 e. The zero-order chi connectivity index (χ0) is 17.6. The summed E-state index contributed by atoms with van der Waals surface area (Å²) in [6.45, 7) is 4.89. The van der Waals surface area contributed by atoms with E-state index in [0.29, 0.717) is 24.9 Å². The summed E-state index contributed by atoms with van der Waals surface area (Å²) >= 11 is 0. The van der Waals surface area contributed by atoms with Gasteiger partial charge in [0, 0.05) is 32.6 Å². The molecule has 1 saturated heterocycles. The van der Waals surface area contributed by atoms with E-state index < -0.39 is 0 Å². The smallest absolute Gasteiger partial charge is 0.222 e. The highest BCUT2D eigenvalue weighted by molar-refractivity contribution is 5.76. The molecule has 132 valence electrons. The van der Waals surface area contributed by atoms with Gasteiger partial charge >= 0.3 is 0 Å². The summed E-state index contributed by atoms with van der Waals surface area (Å²) in [5, 5.41) is 8.33. The molecule has 1 aromatic heterocycles. The van der Waals surface area contributed by atoms with E-state index in [1.165, 1.54) is 6.07 Å². The van der Waals surface area contributed by atoms with E-state index in [1.807, 2.05) is 24.0 Å². The van der Waals surface area contributed by atoms with Crippen LogP contribution in [0.4, 0.5) is 10.2 Å². The normalized spacial score (nSPS) is 15.1. The van der Waals surface area contributed by atoms with Gasteiger partial charge in [-0.2, -0.15) is 5.10 Å². The first kappa shape index (κ1) is 17.3. The fourth-order valence-corrected chi connectivity index (χ4v) is 3.06. The van der Waals surface area contributed by atoms with E-state index in [2.05, 4.69) is 15.1 Å². The Morgan fingerprint density at radius 2 is 1.92 bits per heavy atom. The van der Waals surface area contributed by atoms with E-state index in [0.717, 1.165) is 37.6 Å². The van der Waals surface area contributed by atoms with E-state index >= 15 is 0 Å². The molecule has 0 atom stereocenters. The molecular formula is C19H23FN4O. The zero-order valence-corrected chi connectivity index (χ0v) is 14.5. The lowest BCUT2D eigenvalue weighted by Gasteiger charge is -2.22. The van der Waals surface area contributed by atoms with Crippen LogP contribution < -0.4 is 4.90 Å². The first-order valence-electron chi connectivity index (χ1n) is 8.70. The number of hydrogen-bond acceptors (Lipinski definition) is 4. The van der Waals surface area contributed by atoms with E-state index in [9.17, 15) is 9.18 Å². The summed E-state index contributed by atoms with van der Waals surface area (Å²) in [4.78, 5) is 16.5. The van der Waals surface area contributed by atoms with Gasteiger partial charge in [-0.25, -0.2) is 4.39 Å². The lowest BCUT2D eigenvalue weighted by atomic mass is 10.1. The maximum atomic E-state index is 13.7. The van der Waals surface area contributed by atoms with Gasteiger partial charge in [-0.05, 0) is 43.5 Å². The van der Waals surface area contributed by atoms with Crippen molar-refractivity contribution in [1.82, 2.24) is 15.1 Å². The average Bonchev–Trinajstić information content (AvgIpc) is 2.88. The van der Waals surface area contributed by atoms with Crippen LogP contribution in [0, 0.1) is 12.7 Å². The monoisotopic (exact) mass is 342 g/mol. The van der Waals surface area contributed by atoms with Crippen LogP contribution >= 0.6 is 0 Å². The molecular weight excluding hydrogens is 319 g/mol. The number of amides is 1. The molecule has 0 aliphatic carbocycles. The number of carbonyl (C=O) groups excluding carboxylic acids is 1. The number of nitrogens with zero attached hydrogens (tertiary/aromatic N) is 4. The topological polar surface area (TPSA) is 49.3 Å². The molecule has 0 bridgehead atoms. The Hall–Kier alpha value is -2.50. The second-order valence-electron chi connectivity index (χ2n) is 6.35. The minimum atomic E-state index is -0.240. The molecule has 1 aliphatic heterocycles. The summed E-state index contributed by atoms with van der Waals surface area (Å²) in [5.41, 5.74) is 1.49. The highest BCUT2D eigenvalue weighted by atomic mass is 19.1. The van der Waals surface area contributed by atoms with Crippen molar-refractivity contribution in [2.24, 2.45) is 0 Å². The molecule has 2 aromatic rings. The molecule has 1 amide bonds. The van der Waals surface area contributed by atoms with Gasteiger partial charge < -0.3 is 9.80 Å². The molecule has 25 heavy (non-hydrogen) atoms. The number of anilines is 1. The second-order valence-corrected chi connectivity index (χ2v) is 6.35. The summed E-state index contributed by atoms with van der Waals surface area (Å²) in [6.07, 6.45) is 1.67. The van der Waals surface area contributed by atoms with Gasteiger partial charge in [0.1, 0.15) is 5.82 Å². The quantitative estimate of drug-likeness (QED) is 0.857. The van der Waals surface area contributed by atoms with Crippen LogP contribution in [0.1, 0.15) is 24.1 Å². The highest BCUT2D eigenvalue weighted by Crippen LogP contribution is 2.15.